The highest BCUT2D eigenvalue weighted by Crippen LogP contribution is 2.22. The average Bonchev–Trinajstić information content (AvgIpc) is 2.79. The first-order chi connectivity index (χ1) is 9.25. The van der Waals surface area contributed by atoms with Gasteiger partial charge >= 0.3 is 0 Å². The first-order valence-corrected chi connectivity index (χ1v) is 8.29. The summed E-state index contributed by atoms with van der Waals surface area (Å²) >= 11 is 0. The smallest absolute Gasteiger partial charge is 0.0576 e. The number of hydrogen-bond acceptors (Lipinski definition) is 3. The Balaban J connectivity index is 1.73. The third-order valence-electron chi connectivity index (χ3n) is 4.61. The lowest BCUT2D eigenvalue weighted by Crippen LogP contribution is -2.37. The third kappa shape index (κ3) is 5.41. The summed E-state index contributed by atoms with van der Waals surface area (Å²) in [5.74, 6) is 0. The highest BCUT2D eigenvalue weighted by Gasteiger charge is 2.22. The van der Waals surface area contributed by atoms with Gasteiger partial charge in [-0.05, 0) is 65.0 Å². The second-order valence-corrected chi connectivity index (χ2v) is 6.40. The summed E-state index contributed by atoms with van der Waals surface area (Å²) < 4.78 is 5.70. The van der Waals surface area contributed by atoms with Crippen LogP contribution in [-0.4, -0.2) is 48.0 Å². The van der Waals surface area contributed by atoms with E-state index in [1.807, 2.05) is 6.92 Å². The van der Waals surface area contributed by atoms with Gasteiger partial charge in [0, 0.05) is 12.6 Å². The second kappa shape index (κ2) is 8.23. The van der Waals surface area contributed by atoms with E-state index in [4.69, 9.17) is 4.74 Å². The lowest BCUT2D eigenvalue weighted by atomic mass is 10.0. The molecule has 19 heavy (non-hydrogen) atoms. The van der Waals surface area contributed by atoms with E-state index in [1.165, 1.54) is 64.5 Å². The van der Waals surface area contributed by atoms with Gasteiger partial charge in [-0.1, -0.05) is 12.8 Å². The van der Waals surface area contributed by atoms with E-state index in [2.05, 4.69) is 4.90 Å². The van der Waals surface area contributed by atoms with Crippen molar-refractivity contribution in [2.24, 2.45) is 0 Å². The number of nitrogens with zero attached hydrogens (tertiary/aromatic N) is 1. The molecule has 2 rings (SSSR count). The van der Waals surface area contributed by atoms with E-state index in [1.54, 1.807) is 0 Å². The standard InChI is InChI=1S/C16H31NO2/c1-14(18)13-15-7-3-2-4-10-17(15)11-5-8-16-9-6-12-19-16/h14-16,18H,2-13H2,1H3. The average molecular weight is 269 g/mol. The summed E-state index contributed by atoms with van der Waals surface area (Å²) in [6, 6.07) is 0.604. The molecular formula is C16H31NO2. The Hall–Kier alpha value is -0.120. The Morgan fingerprint density at radius 2 is 2.11 bits per heavy atom. The van der Waals surface area contributed by atoms with Crippen molar-refractivity contribution < 1.29 is 9.84 Å². The molecule has 3 heteroatoms. The van der Waals surface area contributed by atoms with Crippen LogP contribution in [0.3, 0.4) is 0 Å². The molecule has 2 heterocycles. The zero-order valence-corrected chi connectivity index (χ0v) is 12.5. The minimum atomic E-state index is -0.163. The molecule has 3 unspecified atom stereocenters. The Labute approximate surface area is 118 Å². The second-order valence-electron chi connectivity index (χ2n) is 6.40. The molecular weight excluding hydrogens is 238 g/mol. The van der Waals surface area contributed by atoms with Gasteiger partial charge in [-0.2, -0.15) is 0 Å². The SMILES string of the molecule is CC(O)CC1CCCCCN1CCCC1CCCO1. The third-order valence-corrected chi connectivity index (χ3v) is 4.61. The molecule has 2 fully saturated rings. The largest absolute Gasteiger partial charge is 0.393 e. The van der Waals surface area contributed by atoms with Crippen molar-refractivity contribution in [3.63, 3.8) is 0 Å². The molecule has 0 aromatic rings. The minimum Gasteiger partial charge on any atom is -0.393 e. The summed E-state index contributed by atoms with van der Waals surface area (Å²) in [7, 11) is 0. The first-order valence-electron chi connectivity index (χ1n) is 8.29. The van der Waals surface area contributed by atoms with Gasteiger partial charge < -0.3 is 14.7 Å². The summed E-state index contributed by atoms with van der Waals surface area (Å²) in [6.07, 6.45) is 11.6. The highest BCUT2D eigenvalue weighted by molar-refractivity contribution is 4.77. The van der Waals surface area contributed by atoms with Crippen molar-refractivity contribution in [3.05, 3.63) is 0 Å². The lowest BCUT2D eigenvalue weighted by Gasteiger charge is -2.31. The molecule has 0 amide bonds. The van der Waals surface area contributed by atoms with Crippen LogP contribution < -0.4 is 0 Å². The molecule has 3 nitrogen and oxygen atoms in total. The van der Waals surface area contributed by atoms with Gasteiger partial charge in [0.05, 0.1) is 12.2 Å². The minimum absolute atomic E-state index is 0.163. The van der Waals surface area contributed by atoms with Crippen LogP contribution in [0, 0.1) is 0 Å². The van der Waals surface area contributed by atoms with Crippen LogP contribution >= 0.6 is 0 Å². The monoisotopic (exact) mass is 269 g/mol. The quantitative estimate of drug-likeness (QED) is 0.804. The van der Waals surface area contributed by atoms with Crippen LogP contribution in [0.4, 0.5) is 0 Å². The summed E-state index contributed by atoms with van der Waals surface area (Å²) in [5.41, 5.74) is 0. The van der Waals surface area contributed by atoms with Gasteiger partial charge in [0.2, 0.25) is 0 Å². The Morgan fingerprint density at radius 3 is 2.84 bits per heavy atom. The zero-order chi connectivity index (χ0) is 13.5. The summed E-state index contributed by atoms with van der Waals surface area (Å²) in [5, 5.41) is 9.67. The van der Waals surface area contributed by atoms with Crippen LogP contribution in [0.25, 0.3) is 0 Å². The Kier molecular flexibility index (Phi) is 6.62. The van der Waals surface area contributed by atoms with Crippen LogP contribution in [0.5, 0.6) is 0 Å². The number of aliphatic hydroxyl groups excluding tert-OH is 1. The van der Waals surface area contributed by atoms with Gasteiger partial charge in [-0.25, -0.2) is 0 Å². The Bertz CT molecular complexity index is 239. The van der Waals surface area contributed by atoms with Crippen LogP contribution in [0.1, 0.15) is 64.7 Å². The molecule has 2 aliphatic heterocycles. The van der Waals surface area contributed by atoms with E-state index < -0.39 is 0 Å². The van der Waals surface area contributed by atoms with Gasteiger partial charge in [-0.3, -0.25) is 0 Å². The predicted octanol–water partition coefficient (Wildman–Crippen LogP) is 2.96. The van der Waals surface area contributed by atoms with E-state index >= 15 is 0 Å². The molecule has 1 N–H and O–H groups in total. The molecule has 0 aromatic carbocycles. The normalized spacial score (nSPS) is 31.3. The topological polar surface area (TPSA) is 32.7 Å². The van der Waals surface area contributed by atoms with E-state index in [0.29, 0.717) is 12.1 Å². The van der Waals surface area contributed by atoms with Crippen LogP contribution in [-0.2, 0) is 4.74 Å². The highest BCUT2D eigenvalue weighted by atomic mass is 16.5. The van der Waals surface area contributed by atoms with Crippen molar-refractivity contribution in [1.82, 2.24) is 4.90 Å². The van der Waals surface area contributed by atoms with E-state index in [9.17, 15) is 5.11 Å². The van der Waals surface area contributed by atoms with E-state index in [-0.39, 0.29) is 6.10 Å². The number of likely N-dealkylation sites (tertiary alicyclic amines) is 1. The predicted molar refractivity (Wildman–Crippen MR) is 78.3 cm³/mol. The maximum absolute atomic E-state index is 9.67. The van der Waals surface area contributed by atoms with Crippen molar-refractivity contribution in [3.8, 4) is 0 Å². The Morgan fingerprint density at radius 1 is 1.21 bits per heavy atom. The maximum atomic E-state index is 9.67. The molecule has 0 saturated carbocycles. The number of ether oxygens (including phenoxy) is 1. The summed E-state index contributed by atoms with van der Waals surface area (Å²) in [6.45, 7) is 5.31. The first kappa shape index (κ1) is 15.3. The van der Waals surface area contributed by atoms with Gasteiger partial charge in [0.15, 0.2) is 0 Å². The molecule has 3 atom stereocenters. The van der Waals surface area contributed by atoms with Gasteiger partial charge in [0.25, 0.3) is 0 Å². The van der Waals surface area contributed by atoms with Crippen molar-refractivity contribution in [1.29, 1.82) is 0 Å². The fourth-order valence-corrected chi connectivity index (χ4v) is 3.59. The van der Waals surface area contributed by atoms with E-state index in [0.717, 1.165) is 13.0 Å². The molecule has 2 aliphatic rings. The lowest BCUT2D eigenvalue weighted by molar-refractivity contribution is 0.0874. The fraction of sp³-hybridized carbons (Fsp3) is 1.00. The zero-order valence-electron chi connectivity index (χ0n) is 12.5. The summed E-state index contributed by atoms with van der Waals surface area (Å²) in [4.78, 5) is 2.63. The molecule has 2 saturated heterocycles. The molecule has 0 bridgehead atoms. The number of rotatable bonds is 6. The van der Waals surface area contributed by atoms with Gasteiger partial charge in [-0.15, -0.1) is 0 Å². The van der Waals surface area contributed by atoms with Crippen LogP contribution in [0.2, 0.25) is 0 Å². The molecule has 0 spiro atoms. The number of aliphatic hydroxyl groups is 1. The molecule has 112 valence electrons. The van der Waals surface area contributed by atoms with Crippen LogP contribution in [0.15, 0.2) is 0 Å². The molecule has 0 aromatic heterocycles. The molecule has 0 aliphatic carbocycles. The maximum Gasteiger partial charge on any atom is 0.0576 e. The van der Waals surface area contributed by atoms with Gasteiger partial charge in [0.1, 0.15) is 0 Å². The van der Waals surface area contributed by atoms with Crippen molar-refractivity contribution in [2.75, 3.05) is 19.7 Å². The number of hydrogen-bond donors (Lipinski definition) is 1. The van der Waals surface area contributed by atoms with Crippen molar-refractivity contribution >= 4 is 0 Å². The van der Waals surface area contributed by atoms with Crippen molar-refractivity contribution in [2.45, 2.75) is 83.0 Å². The fourth-order valence-electron chi connectivity index (χ4n) is 3.59. The molecule has 0 radical (unpaired) electrons.